The number of aliphatic hydroxyl groups is 1. The van der Waals surface area contributed by atoms with Gasteiger partial charge in [-0.15, -0.1) is 0 Å². The van der Waals surface area contributed by atoms with Gasteiger partial charge in [0.05, 0.1) is 36.5 Å². The molecule has 0 radical (unpaired) electrons. The molecule has 3 unspecified atom stereocenters. The lowest BCUT2D eigenvalue weighted by atomic mass is 9.97. The summed E-state index contributed by atoms with van der Waals surface area (Å²) in [6.07, 6.45) is 3.45. The third kappa shape index (κ3) is 6.91. The topological polar surface area (TPSA) is 108 Å². The van der Waals surface area contributed by atoms with Gasteiger partial charge in [0.2, 0.25) is 5.95 Å². The first-order valence-electron chi connectivity index (χ1n) is 17.4. The monoisotopic (exact) mass is 681 g/mol. The predicted octanol–water partition coefficient (Wildman–Crippen LogP) is 5.80. The highest BCUT2D eigenvalue weighted by Gasteiger charge is 2.36. The number of hydrogen-bond donors (Lipinski definition) is 1. The number of piperazine rings is 1. The van der Waals surface area contributed by atoms with E-state index in [9.17, 15) is 14.7 Å². The molecule has 10 heteroatoms. The van der Waals surface area contributed by atoms with E-state index in [-0.39, 0.29) is 37.2 Å². The molecular weight excluding hydrogens is 642 g/mol. The lowest BCUT2D eigenvalue weighted by Crippen LogP contribution is -2.50. The summed E-state index contributed by atoms with van der Waals surface area (Å²) in [6.45, 7) is 4.41. The zero-order chi connectivity index (χ0) is 34.7. The Bertz CT molecular complexity index is 1960. The molecular formula is C41H39N5O5. The van der Waals surface area contributed by atoms with Crippen molar-refractivity contribution in [2.45, 2.75) is 38.1 Å². The average Bonchev–Trinajstić information content (AvgIpc) is 3.43. The molecule has 1 N–H and O–H groups in total. The molecule has 4 heterocycles. The fourth-order valence-corrected chi connectivity index (χ4v) is 7.22. The Hall–Kier alpha value is -5.26. The van der Waals surface area contributed by atoms with Crippen LogP contribution in [0.1, 0.15) is 61.8 Å². The fraction of sp³-hybridized carbons (Fsp3) is 0.268. The Morgan fingerprint density at radius 1 is 0.686 bits per heavy atom. The second-order valence-electron chi connectivity index (χ2n) is 13.2. The Labute approximate surface area is 296 Å². The van der Waals surface area contributed by atoms with Gasteiger partial charge in [0.25, 0.3) is 11.8 Å². The molecule has 2 amide bonds. The zero-order valence-electron chi connectivity index (χ0n) is 28.2. The average molecular weight is 682 g/mol. The number of aromatic nitrogens is 2. The SMILES string of the molecule is O=C1c2ccccc2C(=O)N1Cc1ccccc1-c1ccc(C2OC(CN3CCN(c4ncccn4)CC3)CC(c3ccc(CO)cc3)O2)cc1. The molecule has 10 nitrogen and oxygen atoms in total. The van der Waals surface area contributed by atoms with Crippen molar-refractivity contribution >= 4 is 17.8 Å². The molecule has 8 rings (SSSR count). The number of nitrogens with zero attached hydrogens (tertiary/aromatic N) is 5. The number of anilines is 1. The summed E-state index contributed by atoms with van der Waals surface area (Å²) in [7, 11) is 0. The van der Waals surface area contributed by atoms with Crippen molar-refractivity contribution in [1.82, 2.24) is 19.8 Å². The molecule has 4 aromatic carbocycles. The first-order chi connectivity index (χ1) is 25.0. The van der Waals surface area contributed by atoms with Crippen LogP contribution < -0.4 is 4.90 Å². The maximum Gasteiger partial charge on any atom is 0.261 e. The molecule has 1 aromatic heterocycles. The molecule has 2 fully saturated rings. The molecule has 0 saturated carbocycles. The Morgan fingerprint density at radius 3 is 1.98 bits per heavy atom. The lowest BCUT2D eigenvalue weighted by molar-refractivity contribution is -0.253. The van der Waals surface area contributed by atoms with Gasteiger partial charge >= 0.3 is 0 Å². The summed E-state index contributed by atoms with van der Waals surface area (Å²) in [5, 5.41) is 9.60. The lowest BCUT2D eigenvalue weighted by Gasteiger charge is -2.40. The zero-order valence-corrected chi connectivity index (χ0v) is 28.2. The summed E-state index contributed by atoms with van der Waals surface area (Å²) in [5.74, 6) is 0.227. The number of rotatable bonds is 9. The fourth-order valence-electron chi connectivity index (χ4n) is 7.22. The number of amides is 2. The van der Waals surface area contributed by atoms with E-state index >= 15 is 0 Å². The van der Waals surface area contributed by atoms with Crippen LogP contribution in [0.4, 0.5) is 5.95 Å². The molecule has 258 valence electrons. The van der Waals surface area contributed by atoms with E-state index in [2.05, 4.69) is 19.8 Å². The van der Waals surface area contributed by atoms with Crippen LogP contribution in [0, 0.1) is 0 Å². The second kappa shape index (κ2) is 14.5. The number of hydrogen-bond acceptors (Lipinski definition) is 9. The molecule has 3 aliphatic rings. The van der Waals surface area contributed by atoms with E-state index in [0.717, 1.165) is 72.1 Å². The highest BCUT2D eigenvalue weighted by atomic mass is 16.7. The third-order valence-corrected chi connectivity index (χ3v) is 10.0. The van der Waals surface area contributed by atoms with Gasteiger partial charge in [-0.25, -0.2) is 9.97 Å². The molecule has 2 saturated heterocycles. The predicted molar refractivity (Wildman–Crippen MR) is 192 cm³/mol. The number of benzene rings is 4. The van der Waals surface area contributed by atoms with Crippen LogP contribution in [-0.4, -0.2) is 75.5 Å². The van der Waals surface area contributed by atoms with Gasteiger partial charge in [-0.2, -0.15) is 0 Å². The Kier molecular flexibility index (Phi) is 9.38. The van der Waals surface area contributed by atoms with Gasteiger partial charge in [0.15, 0.2) is 6.29 Å². The quantitative estimate of drug-likeness (QED) is 0.193. The number of aliphatic hydroxyl groups excluding tert-OH is 1. The Morgan fingerprint density at radius 2 is 1.31 bits per heavy atom. The second-order valence-corrected chi connectivity index (χ2v) is 13.2. The smallest absolute Gasteiger partial charge is 0.261 e. The number of carbonyl (C=O) groups is 2. The van der Waals surface area contributed by atoms with Crippen molar-refractivity contribution in [3.63, 3.8) is 0 Å². The standard InChI is InChI=1S/C41H39N5O5/c47-27-28-10-12-30(13-11-28)37-24-33(26-44-20-22-45(23-21-44)41-42-18-5-19-43-41)50-40(51-37)31-16-14-29(15-17-31)34-7-2-1-6-32(34)25-46-38(48)35-8-3-4-9-36(35)39(46)49/h1-19,33,37,40,47H,20-27H2. The number of ether oxygens (including phenoxy) is 2. The van der Waals surface area contributed by atoms with E-state index in [1.165, 1.54) is 4.90 Å². The minimum Gasteiger partial charge on any atom is -0.392 e. The van der Waals surface area contributed by atoms with Crippen LogP contribution in [0.15, 0.2) is 116 Å². The molecule has 3 atom stereocenters. The highest BCUT2D eigenvalue weighted by Crippen LogP contribution is 2.39. The van der Waals surface area contributed by atoms with E-state index < -0.39 is 6.29 Å². The van der Waals surface area contributed by atoms with Crippen molar-refractivity contribution in [1.29, 1.82) is 0 Å². The summed E-state index contributed by atoms with van der Waals surface area (Å²) in [5.41, 5.74) is 6.51. The summed E-state index contributed by atoms with van der Waals surface area (Å²) in [4.78, 5) is 41.1. The van der Waals surface area contributed by atoms with Crippen LogP contribution in [0.5, 0.6) is 0 Å². The van der Waals surface area contributed by atoms with Crippen LogP contribution >= 0.6 is 0 Å². The van der Waals surface area contributed by atoms with E-state index in [1.807, 2.05) is 78.9 Å². The van der Waals surface area contributed by atoms with Crippen LogP contribution in [0.25, 0.3) is 11.1 Å². The minimum atomic E-state index is -0.576. The molecule has 5 aromatic rings. The van der Waals surface area contributed by atoms with E-state index in [1.54, 1.807) is 36.7 Å². The van der Waals surface area contributed by atoms with E-state index in [4.69, 9.17) is 9.47 Å². The van der Waals surface area contributed by atoms with Gasteiger partial charge in [0.1, 0.15) is 0 Å². The molecule has 3 aliphatic heterocycles. The minimum absolute atomic E-state index is 0.00601. The largest absolute Gasteiger partial charge is 0.392 e. The first kappa shape index (κ1) is 32.9. The van der Waals surface area contributed by atoms with Gasteiger partial charge in [-0.3, -0.25) is 19.4 Å². The maximum atomic E-state index is 13.1. The summed E-state index contributed by atoms with van der Waals surface area (Å²) < 4.78 is 13.3. The highest BCUT2D eigenvalue weighted by molar-refractivity contribution is 6.21. The van der Waals surface area contributed by atoms with Crippen molar-refractivity contribution in [3.05, 3.63) is 149 Å². The third-order valence-electron chi connectivity index (χ3n) is 10.0. The van der Waals surface area contributed by atoms with Gasteiger partial charge in [-0.1, -0.05) is 84.9 Å². The molecule has 51 heavy (non-hydrogen) atoms. The number of fused-ring (bicyclic) bond motifs is 1. The molecule has 0 aliphatic carbocycles. The molecule has 0 spiro atoms. The maximum absolute atomic E-state index is 13.1. The van der Waals surface area contributed by atoms with Crippen molar-refractivity contribution < 1.29 is 24.2 Å². The van der Waals surface area contributed by atoms with Crippen molar-refractivity contribution in [2.75, 3.05) is 37.6 Å². The first-order valence-corrected chi connectivity index (χ1v) is 17.4. The van der Waals surface area contributed by atoms with Crippen molar-refractivity contribution in [3.8, 4) is 11.1 Å². The van der Waals surface area contributed by atoms with Gasteiger partial charge < -0.3 is 19.5 Å². The molecule has 0 bridgehead atoms. The van der Waals surface area contributed by atoms with Gasteiger partial charge in [-0.05, 0) is 46.0 Å². The van der Waals surface area contributed by atoms with Crippen LogP contribution in [0.2, 0.25) is 0 Å². The summed E-state index contributed by atoms with van der Waals surface area (Å²) >= 11 is 0. The van der Waals surface area contributed by atoms with Gasteiger partial charge in [0, 0.05) is 57.1 Å². The van der Waals surface area contributed by atoms with Crippen molar-refractivity contribution in [2.24, 2.45) is 0 Å². The van der Waals surface area contributed by atoms with Crippen LogP contribution in [0.3, 0.4) is 0 Å². The van der Waals surface area contributed by atoms with Crippen LogP contribution in [-0.2, 0) is 22.6 Å². The number of carbonyl (C=O) groups excluding carboxylic acids is 2. The van der Waals surface area contributed by atoms with E-state index in [0.29, 0.717) is 17.5 Å². The normalized spacial score (nSPS) is 20.8. The summed E-state index contributed by atoms with van der Waals surface area (Å²) in [6, 6.07) is 32.8. The Balaban J connectivity index is 0.993. The number of imide groups is 1.